The van der Waals surface area contributed by atoms with Gasteiger partial charge in [0.05, 0.1) is 6.54 Å². The van der Waals surface area contributed by atoms with Crippen molar-refractivity contribution in [2.45, 2.75) is 63.4 Å². The molecule has 1 aliphatic carbocycles. The van der Waals surface area contributed by atoms with E-state index in [1.807, 2.05) is 0 Å². The molecule has 2 aliphatic rings. The second-order valence-corrected chi connectivity index (χ2v) is 7.96. The van der Waals surface area contributed by atoms with Gasteiger partial charge in [-0.15, -0.1) is 0 Å². The van der Waals surface area contributed by atoms with Gasteiger partial charge in [-0.05, 0) is 38.8 Å². The number of hydrogen-bond donors (Lipinski definition) is 1. The zero-order valence-corrected chi connectivity index (χ0v) is 15.2. The molecule has 1 saturated carbocycles. The molecule has 0 spiro atoms. The van der Waals surface area contributed by atoms with Crippen LogP contribution in [0.1, 0.15) is 45.1 Å². The summed E-state index contributed by atoms with van der Waals surface area (Å²) in [6.45, 7) is 4.99. The van der Waals surface area contributed by atoms with Crippen LogP contribution in [0.4, 0.5) is 13.6 Å². The fourth-order valence-electron chi connectivity index (χ4n) is 3.31. The molecule has 0 aromatic heterocycles. The van der Waals surface area contributed by atoms with Crippen LogP contribution in [0.2, 0.25) is 0 Å². The lowest BCUT2D eigenvalue weighted by Crippen LogP contribution is -2.48. The molecule has 2 amide bonds. The molecule has 1 aliphatic heterocycles. The van der Waals surface area contributed by atoms with E-state index in [-0.39, 0.29) is 30.7 Å². The van der Waals surface area contributed by atoms with E-state index in [0.29, 0.717) is 12.0 Å². The van der Waals surface area contributed by atoms with Crippen molar-refractivity contribution in [3.8, 4) is 0 Å². The molecule has 26 heavy (non-hydrogen) atoms. The van der Waals surface area contributed by atoms with Crippen LogP contribution in [-0.2, 0) is 9.53 Å². The van der Waals surface area contributed by atoms with Gasteiger partial charge in [-0.25, -0.2) is 13.6 Å². The van der Waals surface area contributed by atoms with Crippen molar-refractivity contribution < 1.29 is 23.1 Å². The summed E-state index contributed by atoms with van der Waals surface area (Å²) < 4.78 is 33.0. The Labute approximate surface area is 151 Å². The molecule has 4 atom stereocenters. The van der Waals surface area contributed by atoms with Crippen LogP contribution in [0.5, 0.6) is 0 Å². The molecule has 7 heteroatoms. The second-order valence-electron chi connectivity index (χ2n) is 7.96. The Morgan fingerprint density at radius 2 is 1.92 bits per heavy atom. The summed E-state index contributed by atoms with van der Waals surface area (Å²) in [4.78, 5) is 26.0. The number of hydrogen-bond acceptors (Lipinski definition) is 3. The Kier molecular flexibility index (Phi) is 4.90. The normalized spacial score (nSPS) is 28.0. The van der Waals surface area contributed by atoms with E-state index in [9.17, 15) is 18.4 Å². The monoisotopic (exact) mass is 366 g/mol. The van der Waals surface area contributed by atoms with E-state index >= 15 is 0 Å². The summed E-state index contributed by atoms with van der Waals surface area (Å²) in [5, 5.41) is 2.82. The molecule has 1 aromatic carbocycles. The van der Waals surface area contributed by atoms with Crippen LogP contribution in [0.3, 0.4) is 0 Å². The highest BCUT2D eigenvalue weighted by Crippen LogP contribution is 2.42. The number of ether oxygens (including phenoxy) is 1. The van der Waals surface area contributed by atoms with E-state index in [1.54, 1.807) is 39.0 Å². The molecular weight excluding hydrogens is 342 g/mol. The number of nitrogens with one attached hydrogen (secondary N) is 1. The minimum absolute atomic E-state index is 0.0534. The lowest BCUT2D eigenvalue weighted by atomic mass is 10.1. The number of alkyl halides is 1. The maximum atomic E-state index is 13.8. The van der Waals surface area contributed by atoms with E-state index in [2.05, 4.69) is 5.32 Å². The maximum Gasteiger partial charge on any atom is 0.411 e. The van der Waals surface area contributed by atoms with Crippen molar-refractivity contribution in [2.75, 3.05) is 6.54 Å². The number of likely N-dealkylation sites (tertiary alicyclic amines) is 1. The molecule has 142 valence electrons. The lowest BCUT2D eigenvalue weighted by Gasteiger charge is -2.27. The third-order valence-electron chi connectivity index (χ3n) is 4.60. The highest BCUT2D eigenvalue weighted by molar-refractivity contribution is 5.87. The van der Waals surface area contributed by atoms with Crippen molar-refractivity contribution >= 4 is 12.0 Å². The van der Waals surface area contributed by atoms with E-state index in [1.165, 1.54) is 6.07 Å². The lowest BCUT2D eigenvalue weighted by molar-refractivity contribution is -0.125. The number of benzene rings is 1. The van der Waals surface area contributed by atoms with Gasteiger partial charge in [0.15, 0.2) is 0 Å². The molecule has 0 unspecified atom stereocenters. The smallest absolute Gasteiger partial charge is 0.411 e. The quantitative estimate of drug-likeness (QED) is 0.894. The first-order chi connectivity index (χ1) is 12.2. The average Bonchev–Trinajstić information content (AvgIpc) is 3.16. The predicted octanol–water partition coefficient (Wildman–Crippen LogP) is 3.15. The van der Waals surface area contributed by atoms with Crippen LogP contribution in [0, 0.1) is 5.82 Å². The zero-order chi connectivity index (χ0) is 19.1. The first-order valence-electron chi connectivity index (χ1n) is 8.84. The third-order valence-corrected chi connectivity index (χ3v) is 4.60. The summed E-state index contributed by atoms with van der Waals surface area (Å²) >= 11 is 0. The minimum Gasteiger partial charge on any atom is -0.444 e. The second kappa shape index (κ2) is 6.85. The van der Waals surface area contributed by atoms with Gasteiger partial charge in [0.2, 0.25) is 5.91 Å². The van der Waals surface area contributed by atoms with Gasteiger partial charge in [0, 0.05) is 18.4 Å². The van der Waals surface area contributed by atoms with Crippen LogP contribution < -0.4 is 5.32 Å². The van der Waals surface area contributed by atoms with Gasteiger partial charge in [0.25, 0.3) is 0 Å². The van der Waals surface area contributed by atoms with Gasteiger partial charge < -0.3 is 10.1 Å². The molecule has 1 aromatic rings. The Balaban J connectivity index is 1.62. The molecular formula is C19H24F2N2O3. The number of nitrogens with zero attached hydrogens (tertiary/aromatic N) is 1. The Bertz CT molecular complexity index is 704. The van der Waals surface area contributed by atoms with E-state index in [4.69, 9.17) is 4.74 Å². The van der Waals surface area contributed by atoms with Gasteiger partial charge in [-0.3, -0.25) is 9.69 Å². The first kappa shape index (κ1) is 18.6. The topological polar surface area (TPSA) is 58.6 Å². The SMILES string of the molecule is CC(C)(C)OC(=O)N1C[C@H](F)C[C@H]1C(=O)N[C@H]1C[C@@H]1c1ccccc1F. The van der Waals surface area contributed by atoms with Gasteiger partial charge in [0.1, 0.15) is 23.6 Å². The summed E-state index contributed by atoms with van der Waals surface area (Å²) in [6.07, 6.45) is -1.38. The predicted molar refractivity (Wildman–Crippen MR) is 91.9 cm³/mol. The van der Waals surface area contributed by atoms with E-state index in [0.717, 1.165) is 4.90 Å². The summed E-state index contributed by atoms with van der Waals surface area (Å²) in [5.74, 6) is -0.799. The van der Waals surface area contributed by atoms with Crippen molar-refractivity contribution in [3.05, 3.63) is 35.6 Å². The van der Waals surface area contributed by atoms with Crippen molar-refractivity contribution in [2.24, 2.45) is 0 Å². The molecule has 1 heterocycles. The standard InChI is InChI=1S/C19H24F2N2O3/c1-19(2,3)26-18(25)23-10-11(20)8-16(23)17(24)22-15-9-13(15)12-6-4-5-7-14(12)21/h4-7,11,13,15-16H,8-10H2,1-3H3,(H,22,24)/t11-,13-,15+,16+/m1/s1. The first-order valence-corrected chi connectivity index (χ1v) is 8.84. The molecule has 5 nitrogen and oxygen atoms in total. The van der Waals surface area contributed by atoms with Crippen molar-refractivity contribution in [3.63, 3.8) is 0 Å². The number of carbonyl (C=O) groups excluding carboxylic acids is 2. The van der Waals surface area contributed by atoms with E-state index < -0.39 is 29.8 Å². The van der Waals surface area contributed by atoms with Crippen LogP contribution >= 0.6 is 0 Å². The van der Waals surface area contributed by atoms with Gasteiger partial charge in [-0.1, -0.05) is 18.2 Å². The van der Waals surface area contributed by atoms with Gasteiger partial charge >= 0.3 is 6.09 Å². The highest BCUT2D eigenvalue weighted by Gasteiger charge is 2.46. The molecule has 3 rings (SSSR count). The van der Waals surface area contributed by atoms with Gasteiger partial charge in [-0.2, -0.15) is 0 Å². The molecule has 1 N–H and O–H groups in total. The Hall–Kier alpha value is -2.18. The van der Waals surface area contributed by atoms with Crippen LogP contribution in [0.15, 0.2) is 24.3 Å². The number of rotatable bonds is 3. The zero-order valence-electron chi connectivity index (χ0n) is 15.2. The summed E-state index contributed by atoms with van der Waals surface area (Å²) in [6, 6.07) is 5.37. The molecule has 1 saturated heterocycles. The molecule has 0 radical (unpaired) electrons. The summed E-state index contributed by atoms with van der Waals surface area (Å²) in [5.41, 5.74) is -0.157. The Morgan fingerprint density at radius 3 is 2.58 bits per heavy atom. The molecule has 0 bridgehead atoms. The highest BCUT2D eigenvalue weighted by atomic mass is 19.1. The van der Waals surface area contributed by atoms with Crippen molar-refractivity contribution in [1.29, 1.82) is 0 Å². The fourth-order valence-corrected chi connectivity index (χ4v) is 3.31. The van der Waals surface area contributed by atoms with Crippen LogP contribution in [-0.4, -0.2) is 47.3 Å². The minimum atomic E-state index is -1.26. The number of carbonyl (C=O) groups is 2. The average molecular weight is 366 g/mol. The van der Waals surface area contributed by atoms with Crippen molar-refractivity contribution in [1.82, 2.24) is 10.2 Å². The fraction of sp³-hybridized carbons (Fsp3) is 0.579. The number of halogens is 2. The maximum absolute atomic E-state index is 13.8. The summed E-state index contributed by atoms with van der Waals surface area (Å²) in [7, 11) is 0. The number of amides is 2. The Morgan fingerprint density at radius 1 is 1.23 bits per heavy atom. The van der Waals surface area contributed by atoms with Crippen LogP contribution in [0.25, 0.3) is 0 Å². The third kappa shape index (κ3) is 4.14. The largest absolute Gasteiger partial charge is 0.444 e. The molecule has 2 fully saturated rings.